The summed E-state index contributed by atoms with van der Waals surface area (Å²) in [6.45, 7) is 7.26. The third kappa shape index (κ3) is 2.84. The minimum atomic E-state index is -1.06. The fraction of sp³-hybridized carbons (Fsp3) is 0.500. The van der Waals surface area contributed by atoms with E-state index in [1.807, 2.05) is 19.9 Å². The van der Waals surface area contributed by atoms with E-state index in [1.165, 1.54) is 10.6 Å². The van der Waals surface area contributed by atoms with Gasteiger partial charge in [0.1, 0.15) is 17.7 Å². The van der Waals surface area contributed by atoms with Gasteiger partial charge in [0.15, 0.2) is 0 Å². The summed E-state index contributed by atoms with van der Waals surface area (Å²) in [5, 5.41) is 18.3. The molecule has 5 heteroatoms. The van der Waals surface area contributed by atoms with Crippen LogP contribution in [0.25, 0.3) is 0 Å². The Bertz CT molecular complexity index is 579. The second kappa shape index (κ2) is 5.70. The van der Waals surface area contributed by atoms with Crippen molar-refractivity contribution in [3.63, 3.8) is 0 Å². The molecule has 0 radical (unpaired) electrons. The Morgan fingerprint density at radius 1 is 1.32 bits per heavy atom. The van der Waals surface area contributed by atoms with Gasteiger partial charge in [-0.05, 0) is 24.0 Å². The number of aromatic nitrogens is 1. The molecule has 5 nitrogen and oxygen atoms in total. The van der Waals surface area contributed by atoms with Crippen molar-refractivity contribution in [2.24, 2.45) is 5.92 Å². The summed E-state index contributed by atoms with van der Waals surface area (Å²) < 4.78 is 1.25. The Morgan fingerprint density at radius 2 is 1.89 bits per heavy atom. The molecule has 1 aromatic rings. The standard InChI is InChI=1S/C14H18N2O3/c1-8(2)11-6-5-10(7-15)13(17)16(11)12(9(3)4)14(18)19/h5-6,8-9,12H,1-4H3,(H,18,19). The van der Waals surface area contributed by atoms with E-state index in [1.54, 1.807) is 19.9 Å². The van der Waals surface area contributed by atoms with Gasteiger partial charge in [-0.1, -0.05) is 27.7 Å². The van der Waals surface area contributed by atoms with Crippen LogP contribution in [0.1, 0.15) is 50.9 Å². The molecule has 1 unspecified atom stereocenters. The lowest BCUT2D eigenvalue weighted by atomic mass is 10.0. The van der Waals surface area contributed by atoms with E-state index in [9.17, 15) is 14.7 Å². The second-order valence-electron chi connectivity index (χ2n) is 5.14. The first kappa shape index (κ1) is 15.0. The highest BCUT2D eigenvalue weighted by molar-refractivity contribution is 5.72. The van der Waals surface area contributed by atoms with Crippen molar-refractivity contribution in [1.82, 2.24) is 4.57 Å². The number of nitriles is 1. The molecule has 0 aromatic carbocycles. The minimum Gasteiger partial charge on any atom is -0.480 e. The van der Waals surface area contributed by atoms with Gasteiger partial charge in [-0.3, -0.25) is 9.36 Å². The Kier molecular flexibility index (Phi) is 4.49. The predicted molar refractivity (Wildman–Crippen MR) is 71.0 cm³/mol. The molecule has 1 atom stereocenters. The molecule has 0 aliphatic carbocycles. The fourth-order valence-corrected chi connectivity index (χ4v) is 2.10. The number of carboxylic acids is 1. The van der Waals surface area contributed by atoms with Crippen LogP contribution in [-0.2, 0) is 4.79 Å². The third-order valence-electron chi connectivity index (χ3n) is 3.02. The van der Waals surface area contributed by atoms with Crippen LogP contribution in [0, 0.1) is 17.2 Å². The molecule has 0 saturated carbocycles. The van der Waals surface area contributed by atoms with Gasteiger partial charge in [0, 0.05) is 5.69 Å². The van der Waals surface area contributed by atoms with E-state index in [0.29, 0.717) is 5.69 Å². The van der Waals surface area contributed by atoms with Crippen LogP contribution in [0.3, 0.4) is 0 Å². The van der Waals surface area contributed by atoms with Crippen LogP contribution >= 0.6 is 0 Å². The zero-order chi connectivity index (χ0) is 14.7. The number of carboxylic acid groups (broad SMARTS) is 1. The minimum absolute atomic E-state index is 0.000966. The number of pyridine rings is 1. The van der Waals surface area contributed by atoms with Gasteiger partial charge >= 0.3 is 5.97 Å². The lowest BCUT2D eigenvalue weighted by Crippen LogP contribution is -2.36. The Labute approximate surface area is 112 Å². The van der Waals surface area contributed by atoms with Gasteiger partial charge in [0.25, 0.3) is 5.56 Å². The monoisotopic (exact) mass is 262 g/mol. The van der Waals surface area contributed by atoms with Gasteiger partial charge < -0.3 is 5.11 Å². The average molecular weight is 262 g/mol. The first-order valence-electron chi connectivity index (χ1n) is 6.19. The van der Waals surface area contributed by atoms with Crippen LogP contribution in [0.4, 0.5) is 0 Å². The molecule has 0 bridgehead atoms. The van der Waals surface area contributed by atoms with E-state index in [0.717, 1.165) is 0 Å². The number of hydrogen-bond acceptors (Lipinski definition) is 3. The van der Waals surface area contributed by atoms with Crippen LogP contribution in [0.5, 0.6) is 0 Å². The smallest absolute Gasteiger partial charge is 0.327 e. The molecule has 102 valence electrons. The molecular formula is C14H18N2O3. The second-order valence-corrected chi connectivity index (χ2v) is 5.14. The highest BCUT2D eigenvalue weighted by atomic mass is 16.4. The summed E-state index contributed by atoms with van der Waals surface area (Å²) in [5.41, 5.74) is 0.0659. The molecule has 1 aromatic heterocycles. The van der Waals surface area contributed by atoms with Crippen molar-refractivity contribution in [3.8, 4) is 6.07 Å². The molecule has 1 rings (SSSR count). The van der Waals surface area contributed by atoms with E-state index in [2.05, 4.69) is 0 Å². The number of rotatable bonds is 4. The van der Waals surface area contributed by atoms with E-state index in [-0.39, 0.29) is 17.4 Å². The quantitative estimate of drug-likeness (QED) is 0.900. The number of aliphatic carboxylic acids is 1. The molecular weight excluding hydrogens is 244 g/mol. The van der Waals surface area contributed by atoms with Crippen molar-refractivity contribution in [2.75, 3.05) is 0 Å². The van der Waals surface area contributed by atoms with Crippen molar-refractivity contribution in [3.05, 3.63) is 33.7 Å². The zero-order valence-corrected chi connectivity index (χ0v) is 11.5. The summed E-state index contributed by atoms with van der Waals surface area (Å²) >= 11 is 0. The summed E-state index contributed by atoms with van der Waals surface area (Å²) in [5.74, 6) is -1.31. The van der Waals surface area contributed by atoms with Gasteiger partial charge in [-0.25, -0.2) is 4.79 Å². The van der Waals surface area contributed by atoms with Crippen molar-refractivity contribution in [1.29, 1.82) is 5.26 Å². The summed E-state index contributed by atoms with van der Waals surface area (Å²) in [6, 6.07) is 3.96. The van der Waals surface area contributed by atoms with Crippen molar-refractivity contribution < 1.29 is 9.90 Å². The van der Waals surface area contributed by atoms with Crippen LogP contribution in [-0.4, -0.2) is 15.6 Å². The predicted octanol–water partition coefficient (Wildman–Crippen LogP) is 2.13. The maximum Gasteiger partial charge on any atom is 0.327 e. The van der Waals surface area contributed by atoms with Crippen molar-refractivity contribution >= 4 is 5.97 Å². The summed E-state index contributed by atoms with van der Waals surface area (Å²) in [7, 11) is 0. The Hall–Kier alpha value is -2.09. The maximum absolute atomic E-state index is 12.3. The number of nitrogens with zero attached hydrogens (tertiary/aromatic N) is 2. The summed E-state index contributed by atoms with van der Waals surface area (Å²) in [4.78, 5) is 23.7. The lowest BCUT2D eigenvalue weighted by Gasteiger charge is -2.24. The Morgan fingerprint density at radius 3 is 2.26 bits per heavy atom. The molecule has 19 heavy (non-hydrogen) atoms. The molecule has 1 heterocycles. The first-order chi connectivity index (χ1) is 8.81. The molecule has 0 amide bonds. The fourth-order valence-electron chi connectivity index (χ4n) is 2.10. The molecule has 0 saturated heterocycles. The SMILES string of the molecule is CC(C)c1ccc(C#N)c(=O)n1C(C(=O)O)C(C)C. The van der Waals surface area contributed by atoms with Crippen molar-refractivity contribution in [2.45, 2.75) is 39.7 Å². The lowest BCUT2D eigenvalue weighted by molar-refractivity contribution is -0.142. The number of hydrogen-bond donors (Lipinski definition) is 1. The maximum atomic E-state index is 12.3. The van der Waals surface area contributed by atoms with Crippen LogP contribution in [0.15, 0.2) is 16.9 Å². The van der Waals surface area contributed by atoms with Crippen LogP contribution in [0.2, 0.25) is 0 Å². The first-order valence-corrected chi connectivity index (χ1v) is 6.19. The summed E-state index contributed by atoms with van der Waals surface area (Å²) in [6.07, 6.45) is 0. The largest absolute Gasteiger partial charge is 0.480 e. The average Bonchev–Trinajstić information content (AvgIpc) is 2.30. The third-order valence-corrected chi connectivity index (χ3v) is 3.02. The molecule has 0 aliphatic rings. The van der Waals surface area contributed by atoms with Gasteiger partial charge in [-0.15, -0.1) is 0 Å². The normalized spacial score (nSPS) is 12.5. The van der Waals surface area contributed by atoms with Gasteiger partial charge in [-0.2, -0.15) is 5.26 Å². The highest BCUT2D eigenvalue weighted by Crippen LogP contribution is 2.23. The van der Waals surface area contributed by atoms with E-state index >= 15 is 0 Å². The van der Waals surface area contributed by atoms with Gasteiger partial charge in [0.05, 0.1) is 0 Å². The molecule has 1 N–H and O–H groups in total. The van der Waals surface area contributed by atoms with Crippen LogP contribution < -0.4 is 5.56 Å². The Balaban J connectivity index is 3.67. The molecule has 0 fully saturated rings. The molecule has 0 spiro atoms. The zero-order valence-electron chi connectivity index (χ0n) is 11.5. The topological polar surface area (TPSA) is 83.1 Å². The molecule has 0 aliphatic heterocycles. The number of carbonyl (C=O) groups is 1. The van der Waals surface area contributed by atoms with E-state index < -0.39 is 17.6 Å². The highest BCUT2D eigenvalue weighted by Gasteiger charge is 2.28. The van der Waals surface area contributed by atoms with Gasteiger partial charge in [0.2, 0.25) is 0 Å². The van der Waals surface area contributed by atoms with E-state index in [4.69, 9.17) is 5.26 Å².